The Balaban J connectivity index is 1.54. The van der Waals surface area contributed by atoms with Crippen molar-refractivity contribution in [2.24, 2.45) is 23.5 Å². The number of hydrogen-bond acceptors (Lipinski definition) is 2. The number of halogens is 1. The van der Waals surface area contributed by atoms with Gasteiger partial charge in [0.2, 0.25) is 5.91 Å². The number of nitrogens with zero attached hydrogens (tertiary/aromatic N) is 1. The summed E-state index contributed by atoms with van der Waals surface area (Å²) in [5.41, 5.74) is 7.38. The summed E-state index contributed by atoms with van der Waals surface area (Å²) in [4.78, 5) is 14.6. The lowest BCUT2D eigenvalue weighted by Crippen LogP contribution is -2.49. The summed E-state index contributed by atoms with van der Waals surface area (Å²) >= 11 is 0. The van der Waals surface area contributed by atoms with Crippen molar-refractivity contribution in [1.82, 2.24) is 4.90 Å². The molecule has 0 aliphatic heterocycles. The van der Waals surface area contributed by atoms with E-state index in [-0.39, 0.29) is 17.6 Å². The van der Waals surface area contributed by atoms with Crippen molar-refractivity contribution < 1.29 is 9.18 Å². The van der Waals surface area contributed by atoms with Crippen LogP contribution in [0.1, 0.15) is 37.7 Å². The van der Waals surface area contributed by atoms with Crippen LogP contribution in [0.2, 0.25) is 0 Å². The standard InChI is InChI=1S/C19H27FN2O/c1-22(10-9-13-5-7-17(20)8-6-13)19(23)16-11-14-3-2-4-15(12-16)18(14)21/h5-8,14-16,18H,2-4,9-12,21H2,1H3. The van der Waals surface area contributed by atoms with Gasteiger partial charge in [-0.1, -0.05) is 18.6 Å². The maximum Gasteiger partial charge on any atom is 0.225 e. The molecule has 2 aliphatic rings. The fourth-order valence-corrected chi connectivity index (χ4v) is 4.36. The van der Waals surface area contributed by atoms with E-state index in [0.717, 1.165) is 24.8 Å². The normalized spacial score (nSPS) is 30.0. The zero-order valence-electron chi connectivity index (χ0n) is 13.9. The minimum Gasteiger partial charge on any atom is -0.345 e. The van der Waals surface area contributed by atoms with Gasteiger partial charge in [0.25, 0.3) is 0 Å². The lowest BCUT2D eigenvalue weighted by atomic mass is 9.65. The first-order valence-electron chi connectivity index (χ1n) is 8.79. The number of fused-ring (bicyclic) bond motifs is 2. The van der Waals surface area contributed by atoms with Crippen LogP contribution in [0.15, 0.2) is 24.3 Å². The Kier molecular flexibility index (Phi) is 5.00. The van der Waals surface area contributed by atoms with Crippen LogP contribution in [0.4, 0.5) is 4.39 Å². The zero-order chi connectivity index (χ0) is 16.4. The third-order valence-corrected chi connectivity index (χ3v) is 5.79. The molecule has 2 N–H and O–H groups in total. The van der Waals surface area contributed by atoms with Gasteiger partial charge in [0.15, 0.2) is 0 Å². The van der Waals surface area contributed by atoms with Crippen LogP contribution in [0, 0.1) is 23.6 Å². The molecule has 2 atom stereocenters. The molecule has 0 radical (unpaired) electrons. The molecule has 2 bridgehead atoms. The first-order chi connectivity index (χ1) is 11.0. The summed E-state index contributed by atoms with van der Waals surface area (Å²) in [5.74, 6) is 1.24. The highest BCUT2D eigenvalue weighted by molar-refractivity contribution is 5.78. The SMILES string of the molecule is CN(CCc1ccc(F)cc1)C(=O)C1CC2CCCC(C1)C2N. The summed E-state index contributed by atoms with van der Waals surface area (Å²) < 4.78 is 12.9. The van der Waals surface area contributed by atoms with Gasteiger partial charge in [-0.2, -0.15) is 0 Å². The molecule has 3 rings (SSSR count). The summed E-state index contributed by atoms with van der Waals surface area (Å²) in [5, 5.41) is 0. The Morgan fingerprint density at radius 2 is 1.83 bits per heavy atom. The third kappa shape index (κ3) is 3.74. The molecule has 2 saturated carbocycles. The molecule has 0 heterocycles. The van der Waals surface area contributed by atoms with Gasteiger partial charge in [-0.05, 0) is 61.6 Å². The molecule has 1 aromatic rings. The number of likely N-dealkylation sites (N-methyl/N-ethyl adjacent to an activating group) is 1. The van der Waals surface area contributed by atoms with Crippen LogP contribution in [-0.2, 0) is 11.2 Å². The van der Waals surface area contributed by atoms with Gasteiger partial charge in [0.1, 0.15) is 5.82 Å². The quantitative estimate of drug-likeness (QED) is 0.927. The molecule has 2 aliphatic carbocycles. The van der Waals surface area contributed by atoms with E-state index in [1.807, 2.05) is 11.9 Å². The fraction of sp³-hybridized carbons (Fsp3) is 0.632. The van der Waals surface area contributed by atoms with E-state index in [9.17, 15) is 9.18 Å². The Morgan fingerprint density at radius 3 is 2.43 bits per heavy atom. The summed E-state index contributed by atoms with van der Waals surface area (Å²) in [6.07, 6.45) is 6.31. The Bertz CT molecular complexity index is 531. The van der Waals surface area contributed by atoms with E-state index >= 15 is 0 Å². The molecule has 126 valence electrons. The molecule has 0 aromatic heterocycles. The van der Waals surface area contributed by atoms with Gasteiger partial charge < -0.3 is 10.6 Å². The zero-order valence-corrected chi connectivity index (χ0v) is 13.9. The molecule has 1 amide bonds. The van der Waals surface area contributed by atoms with E-state index in [1.165, 1.54) is 31.4 Å². The first-order valence-corrected chi connectivity index (χ1v) is 8.79. The average molecular weight is 318 g/mol. The smallest absolute Gasteiger partial charge is 0.225 e. The highest BCUT2D eigenvalue weighted by Crippen LogP contribution is 2.42. The number of carbonyl (C=O) groups excluding carboxylic acids is 1. The van der Waals surface area contributed by atoms with Crippen molar-refractivity contribution in [2.45, 2.75) is 44.6 Å². The van der Waals surface area contributed by atoms with Crippen molar-refractivity contribution in [2.75, 3.05) is 13.6 Å². The molecule has 0 spiro atoms. The van der Waals surface area contributed by atoms with Crippen molar-refractivity contribution in [1.29, 1.82) is 0 Å². The Hall–Kier alpha value is -1.42. The predicted molar refractivity (Wildman–Crippen MR) is 89.3 cm³/mol. The van der Waals surface area contributed by atoms with Crippen LogP contribution in [0.5, 0.6) is 0 Å². The molecule has 2 fully saturated rings. The van der Waals surface area contributed by atoms with Crippen LogP contribution in [0.25, 0.3) is 0 Å². The molecular weight excluding hydrogens is 291 g/mol. The number of nitrogens with two attached hydrogens (primary N) is 1. The lowest BCUT2D eigenvalue weighted by Gasteiger charge is -2.44. The summed E-state index contributed by atoms with van der Waals surface area (Å²) in [6.45, 7) is 0.683. The number of carbonyl (C=O) groups is 1. The topological polar surface area (TPSA) is 46.3 Å². The Morgan fingerprint density at radius 1 is 1.22 bits per heavy atom. The number of benzene rings is 1. The van der Waals surface area contributed by atoms with E-state index < -0.39 is 0 Å². The number of amides is 1. The van der Waals surface area contributed by atoms with Crippen LogP contribution in [0.3, 0.4) is 0 Å². The molecule has 2 unspecified atom stereocenters. The summed E-state index contributed by atoms with van der Waals surface area (Å²) in [7, 11) is 1.89. The predicted octanol–water partition coefficient (Wildman–Crippen LogP) is 2.98. The second-order valence-electron chi connectivity index (χ2n) is 7.33. The van der Waals surface area contributed by atoms with Crippen LogP contribution in [-0.4, -0.2) is 30.4 Å². The van der Waals surface area contributed by atoms with Gasteiger partial charge in [0, 0.05) is 25.6 Å². The van der Waals surface area contributed by atoms with Crippen molar-refractivity contribution in [3.05, 3.63) is 35.6 Å². The average Bonchev–Trinajstić information content (AvgIpc) is 2.53. The maximum atomic E-state index is 12.9. The third-order valence-electron chi connectivity index (χ3n) is 5.79. The van der Waals surface area contributed by atoms with Gasteiger partial charge >= 0.3 is 0 Å². The first kappa shape index (κ1) is 16.4. The molecule has 3 nitrogen and oxygen atoms in total. The number of hydrogen-bond donors (Lipinski definition) is 1. The number of rotatable bonds is 4. The molecule has 4 heteroatoms. The molecule has 0 saturated heterocycles. The van der Waals surface area contributed by atoms with E-state index in [4.69, 9.17) is 5.73 Å². The highest BCUT2D eigenvalue weighted by atomic mass is 19.1. The van der Waals surface area contributed by atoms with Gasteiger partial charge in [-0.25, -0.2) is 4.39 Å². The fourth-order valence-electron chi connectivity index (χ4n) is 4.36. The highest BCUT2D eigenvalue weighted by Gasteiger charge is 2.41. The second kappa shape index (κ2) is 7.00. The van der Waals surface area contributed by atoms with Crippen molar-refractivity contribution >= 4 is 5.91 Å². The van der Waals surface area contributed by atoms with Crippen LogP contribution < -0.4 is 5.73 Å². The monoisotopic (exact) mass is 318 g/mol. The van der Waals surface area contributed by atoms with Gasteiger partial charge in [-0.15, -0.1) is 0 Å². The van der Waals surface area contributed by atoms with E-state index in [0.29, 0.717) is 24.4 Å². The summed E-state index contributed by atoms with van der Waals surface area (Å²) in [6, 6.07) is 6.83. The maximum absolute atomic E-state index is 12.9. The van der Waals surface area contributed by atoms with Crippen molar-refractivity contribution in [3.8, 4) is 0 Å². The second-order valence-corrected chi connectivity index (χ2v) is 7.33. The minimum atomic E-state index is -0.219. The Labute approximate surface area is 138 Å². The lowest BCUT2D eigenvalue weighted by molar-refractivity contribution is -0.137. The molecule has 1 aromatic carbocycles. The molecular formula is C19H27FN2O. The largest absolute Gasteiger partial charge is 0.345 e. The minimum absolute atomic E-state index is 0.142. The van der Waals surface area contributed by atoms with Gasteiger partial charge in [0.05, 0.1) is 0 Å². The van der Waals surface area contributed by atoms with Crippen molar-refractivity contribution in [3.63, 3.8) is 0 Å². The van der Waals surface area contributed by atoms with Gasteiger partial charge in [-0.3, -0.25) is 4.79 Å². The molecule has 23 heavy (non-hydrogen) atoms. The van der Waals surface area contributed by atoms with E-state index in [2.05, 4.69) is 0 Å². The van der Waals surface area contributed by atoms with E-state index in [1.54, 1.807) is 12.1 Å². The van der Waals surface area contributed by atoms with Crippen LogP contribution >= 0.6 is 0 Å².